The molecule has 0 amide bonds. The third-order valence-electron chi connectivity index (χ3n) is 2.89. The van der Waals surface area contributed by atoms with Gasteiger partial charge in [-0.1, -0.05) is 23.7 Å². The van der Waals surface area contributed by atoms with E-state index >= 15 is 0 Å². The van der Waals surface area contributed by atoms with Gasteiger partial charge in [-0.2, -0.15) is 10.2 Å². The Kier molecular flexibility index (Phi) is 4.59. The van der Waals surface area contributed by atoms with Gasteiger partial charge in [0.15, 0.2) is 0 Å². The van der Waals surface area contributed by atoms with Crippen molar-refractivity contribution in [3.8, 4) is 0 Å². The van der Waals surface area contributed by atoms with Crippen LogP contribution in [0.4, 0.5) is 11.4 Å². The zero-order valence-electron chi connectivity index (χ0n) is 12.0. The molecule has 110 valence electrons. The van der Waals surface area contributed by atoms with E-state index in [0.29, 0.717) is 5.69 Å². The van der Waals surface area contributed by atoms with E-state index in [0.717, 1.165) is 15.9 Å². The second kappa shape index (κ2) is 6.41. The summed E-state index contributed by atoms with van der Waals surface area (Å²) in [5, 5.41) is 7.99. The Labute approximate surface area is 127 Å². The summed E-state index contributed by atoms with van der Waals surface area (Å²) in [6.45, 7) is 0. The van der Waals surface area contributed by atoms with E-state index in [2.05, 4.69) is 15.6 Å². The Hall–Kier alpha value is -2.34. The predicted octanol–water partition coefficient (Wildman–Crippen LogP) is 1.95. The summed E-state index contributed by atoms with van der Waals surface area (Å²) < 4.78 is 1.16. The molecule has 0 radical (unpaired) electrons. The van der Waals surface area contributed by atoms with E-state index in [1.54, 1.807) is 6.21 Å². The number of hydrazone groups is 1. The van der Waals surface area contributed by atoms with Gasteiger partial charge in [-0.3, -0.25) is 10.2 Å². The summed E-state index contributed by atoms with van der Waals surface area (Å²) in [4.78, 5) is 13.6. The van der Waals surface area contributed by atoms with Gasteiger partial charge in [-0.05, 0) is 17.7 Å². The first-order valence-corrected chi connectivity index (χ1v) is 6.65. The van der Waals surface area contributed by atoms with E-state index < -0.39 is 0 Å². The van der Waals surface area contributed by atoms with Crippen LogP contribution >= 0.6 is 11.6 Å². The first-order valence-electron chi connectivity index (χ1n) is 6.27. The first kappa shape index (κ1) is 15.1. The largest absolute Gasteiger partial charge is 0.378 e. The van der Waals surface area contributed by atoms with Crippen LogP contribution in [0.1, 0.15) is 5.56 Å². The standard InChI is InChI=1S/C14H16ClN5O/c1-19(2)11-6-4-10(5-7-11)8-16-18-12-9-17-20(3)14(21)13(12)15/h4-9,18H,1-3H3/b16-8-. The zero-order valence-corrected chi connectivity index (χ0v) is 12.8. The molecule has 1 N–H and O–H groups in total. The predicted molar refractivity (Wildman–Crippen MR) is 86.5 cm³/mol. The molecule has 0 bridgehead atoms. The lowest BCUT2D eigenvalue weighted by atomic mass is 10.2. The molecule has 6 nitrogen and oxygen atoms in total. The second-order valence-corrected chi connectivity index (χ2v) is 5.03. The van der Waals surface area contributed by atoms with E-state index in [4.69, 9.17) is 11.6 Å². The molecule has 0 saturated heterocycles. The van der Waals surface area contributed by atoms with Crippen LogP contribution in [0.3, 0.4) is 0 Å². The molecule has 1 heterocycles. The SMILES string of the molecule is CN(C)c1ccc(/C=N\Nc2cnn(C)c(=O)c2Cl)cc1. The lowest BCUT2D eigenvalue weighted by Gasteiger charge is -2.11. The maximum atomic E-state index is 11.6. The normalized spacial score (nSPS) is 10.9. The minimum absolute atomic E-state index is 0.0626. The number of anilines is 2. The number of benzene rings is 1. The minimum atomic E-state index is -0.368. The molecule has 1 aromatic heterocycles. The van der Waals surface area contributed by atoms with Crippen LogP contribution in [0.5, 0.6) is 0 Å². The summed E-state index contributed by atoms with van der Waals surface area (Å²) in [5.74, 6) is 0. The fourth-order valence-electron chi connectivity index (χ4n) is 1.62. The van der Waals surface area contributed by atoms with Gasteiger partial charge in [0.25, 0.3) is 5.56 Å². The van der Waals surface area contributed by atoms with Gasteiger partial charge in [-0.25, -0.2) is 4.68 Å². The fraction of sp³-hybridized carbons (Fsp3) is 0.214. The number of nitrogens with one attached hydrogen (secondary N) is 1. The molecule has 7 heteroatoms. The monoisotopic (exact) mass is 305 g/mol. The van der Waals surface area contributed by atoms with E-state index in [1.807, 2.05) is 43.3 Å². The summed E-state index contributed by atoms with van der Waals surface area (Å²) in [6, 6.07) is 7.89. The number of halogens is 1. The van der Waals surface area contributed by atoms with Gasteiger partial charge >= 0.3 is 0 Å². The highest BCUT2D eigenvalue weighted by molar-refractivity contribution is 6.32. The third kappa shape index (κ3) is 3.61. The van der Waals surface area contributed by atoms with Crippen LogP contribution in [-0.2, 0) is 7.05 Å². The summed E-state index contributed by atoms with van der Waals surface area (Å²) >= 11 is 5.92. The third-order valence-corrected chi connectivity index (χ3v) is 3.25. The Bertz CT molecular complexity index is 706. The number of aryl methyl sites for hydroxylation is 1. The van der Waals surface area contributed by atoms with E-state index in [1.165, 1.54) is 13.2 Å². The Balaban J connectivity index is 2.09. The average molecular weight is 306 g/mol. The average Bonchev–Trinajstić information content (AvgIpc) is 2.48. The molecule has 0 aliphatic carbocycles. The van der Waals surface area contributed by atoms with Crippen molar-refractivity contribution >= 4 is 29.2 Å². The zero-order chi connectivity index (χ0) is 15.4. The molecular weight excluding hydrogens is 290 g/mol. The van der Waals surface area contributed by atoms with Crippen LogP contribution in [-0.4, -0.2) is 30.1 Å². The molecule has 0 atom stereocenters. The molecular formula is C14H16ClN5O. The van der Waals surface area contributed by atoms with Gasteiger partial charge in [0, 0.05) is 26.8 Å². The molecule has 0 unspecified atom stereocenters. The summed E-state index contributed by atoms with van der Waals surface area (Å²) in [7, 11) is 5.50. The van der Waals surface area contributed by atoms with Crippen LogP contribution < -0.4 is 15.9 Å². The van der Waals surface area contributed by atoms with Crippen molar-refractivity contribution in [1.82, 2.24) is 9.78 Å². The van der Waals surface area contributed by atoms with Crippen LogP contribution in [0, 0.1) is 0 Å². The smallest absolute Gasteiger partial charge is 0.287 e. The Morgan fingerprint density at radius 3 is 2.62 bits per heavy atom. The Morgan fingerprint density at radius 2 is 2.00 bits per heavy atom. The van der Waals surface area contributed by atoms with Crippen molar-refractivity contribution in [2.75, 3.05) is 24.4 Å². The van der Waals surface area contributed by atoms with Gasteiger partial charge < -0.3 is 4.90 Å². The van der Waals surface area contributed by atoms with E-state index in [9.17, 15) is 4.79 Å². The van der Waals surface area contributed by atoms with Gasteiger partial charge in [0.1, 0.15) is 10.7 Å². The molecule has 0 saturated carbocycles. The number of nitrogens with zero attached hydrogens (tertiary/aromatic N) is 4. The van der Waals surface area contributed by atoms with Crippen molar-refractivity contribution in [3.05, 3.63) is 51.4 Å². The van der Waals surface area contributed by atoms with E-state index in [-0.39, 0.29) is 10.6 Å². The highest BCUT2D eigenvalue weighted by Crippen LogP contribution is 2.15. The molecule has 0 spiro atoms. The highest BCUT2D eigenvalue weighted by atomic mass is 35.5. The summed E-state index contributed by atoms with van der Waals surface area (Å²) in [5.41, 5.74) is 4.77. The highest BCUT2D eigenvalue weighted by Gasteiger charge is 2.05. The molecule has 2 aromatic rings. The fourth-order valence-corrected chi connectivity index (χ4v) is 1.84. The van der Waals surface area contributed by atoms with Gasteiger partial charge in [0.05, 0.1) is 12.4 Å². The lowest BCUT2D eigenvalue weighted by molar-refractivity contribution is 0.708. The molecule has 0 fully saturated rings. The number of hydrogen-bond acceptors (Lipinski definition) is 5. The van der Waals surface area contributed by atoms with Gasteiger partial charge in [-0.15, -0.1) is 0 Å². The minimum Gasteiger partial charge on any atom is -0.378 e. The topological polar surface area (TPSA) is 62.5 Å². The molecule has 21 heavy (non-hydrogen) atoms. The molecule has 0 aliphatic rings. The maximum absolute atomic E-state index is 11.6. The van der Waals surface area contributed by atoms with Crippen molar-refractivity contribution in [2.24, 2.45) is 12.1 Å². The number of hydrogen-bond donors (Lipinski definition) is 1. The number of aromatic nitrogens is 2. The second-order valence-electron chi connectivity index (χ2n) is 4.66. The lowest BCUT2D eigenvalue weighted by Crippen LogP contribution is -2.20. The van der Waals surface area contributed by atoms with Gasteiger partial charge in [0.2, 0.25) is 0 Å². The maximum Gasteiger partial charge on any atom is 0.287 e. The molecule has 0 aliphatic heterocycles. The summed E-state index contributed by atoms with van der Waals surface area (Å²) in [6.07, 6.45) is 3.10. The number of rotatable bonds is 4. The molecule has 2 rings (SSSR count). The molecule has 1 aromatic carbocycles. The van der Waals surface area contributed by atoms with Crippen molar-refractivity contribution in [1.29, 1.82) is 0 Å². The first-order chi connectivity index (χ1) is 9.99. The quantitative estimate of drug-likeness (QED) is 0.693. The van der Waals surface area contributed by atoms with Crippen molar-refractivity contribution in [3.63, 3.8) is 0 Å². The van der Waals surface area contributed by atoms with Crippen LogP contribution in [0.2, 0.25) is 5.02 Å². The van der Waals surface area contributed by atoms with Crippen molar-refractivity contribution in [2.45, 2.75) is 0 Å². The Morgan fingerprint density at radius 1 is 1.33 bits per heavy atom. The van der Waals surface area contributed by atoms with Crippen molar-refractivity contribution < 1.29 is 0 Å². The van der Waals surface area contributed by atoms with Crippen LogP contribution in [0.15, 0.2) is 40.4 Å². The van der Waals surface area contributed by atoms with Crippen LogP contribution in [0.25, 0.3) is 0 Å².